The van der Waals surface area contributed by atoms with Crippen LogP contribution in [-0.2, 0) is 55.8 Å². The highest BCUT2D eigenvalue weighted by Crippen LogP contribution is 2.45. The van der Waals surface area contributed by atoms with Gasteiger partial charge in [0.05, 0.1) is 26.4 Å². The summed E-state index contributed by atoms with van der Waals surface area (Å²) in [4.78, 5) is 58.7. The Labute approximate surface area is 624 Å². The molecule has 0 saturated heterocycles. The SMILES string of the molecule is CC/C=C\C/C=C\C/C=C\C/C=C\C/C=C\CCCCCCCCCC(=O)OCC(O)COP(=O)(O)OCC(O)COP(=O)(O)OCC(COC(=O)CCCCCCCCC/C=C\C/C=C\C/C=C\C/C=C\C/C=C\CC)OC(=O)CCCCCCC/C=C\C/C=C\C/C=C\C/C=C\C/C=C\CC. The van der Waals surface area contributed by atoms with Crippen LogP contribution in [0.25, 0.3) is 0 Å². The molecule has 0 radical (unpaired) electrons. The molecule has 0 fully saturated rings. The van der Waals surface area contributed by atoms with Gasteiger partial charge in [-0.2, -0.15) is 0 Å². The van der Waals surface area contributed by atoms with Gasteiger partial charge < -0.3 is 34.2 Å². The zero-order valence-electron chi connectivity index (χ0n) is 63.7. The quantitative estimate of drug-likeness (QED) is 0.0146. The number of phosphoric ester groups is 2. The van der Waals surface area contributed by atoms with Crippen LogP contribution in [-0.4, -0.2) is 95.9 Å². The summed E-state index contributed by atoms with van der Waals surface area (Å²) in [5.41, 5.74) is 0. The molecule has 0 saturated carbocycles. The van der Waals surface area contributed by atoms with Crippen molar-refractivity contribution in [2.45, 2.75) is 296 Å². The van der Waals surface area contributed by atoms with E-state index < -0.39 is 91.5 Å². The number of hydrogen-bond donors (Lipinski definition) is 4. The number of aliphatic hydroxyl groups is 2. The molecule has 0 spiro atoms. The van der Waals surface area contributed by atoms with Crippen LogP contribution in [0, 0.1) is 0 Å². The van der Waals surface area contributed by atoms with Gasteiger partial charge in [-0.15, -0.1) is 0 Å². The van der Waals surface area contributed by atoms with E-state index in [0.717, 1.165) is 218 Å². The maximum absolute atomic E-state index is 13.0. The van der Waals surface area contributed by atoms with Gasteiger partial charge >= 0.3 is 33.6 Å². The number of carbonyl (C=O) groups excluding carboxylic acids is 3. The number of ether oxygens (including phenoxy) is 3. The van der Waals surface area contributed by atoms with E-state index in [-0.39, 0.29) is 19.3 Å². The number of carbonyl (C=O) groups is 3. The van der Waals surface area contributed by atoms with Crippen LogP contribution in [0.15, 0.2) is 182 Å². The molecule has 0 bridgehead atoms. The highest BCUT2D eigenvalue weighted by atomic mass is 31.2. The minimum atomic E-state index is -4.95. The summed E-state index contributed by atoms with van der Waals surface area (Å²) < 4.78 is 61.2. The highest BCUT2D eigenvalue weighted by molar-refractivity contribution is 7.47. The molecule has 0 aromatic heterocycles. The Bertz CT molecular complexity index is 2600. The zero-order chi connectivity index (χ0) is 75.2. The monoisotopic (exact) mass is 1480 g/mol. The van der Waals surface area contributed by atoms with Gasteiger partial charge in [0.25, 0.3) is 0 Å². The molecule has 0 aliphatic carbocycles. The lowest BCUT2D eigenvalue weighted by Gasteiger charge is -2.21. The van der Waals surface area contributed by atoms with Crippen LogP contribution >= 0.6 is 15.6 Å². The lowest BCUT2D eigenvalue weighted by molar-refractivity contribution is -0.161. The second-order valence-electron chi connectivity index (χ2n) is 25.4. The van der Waals surface area contributed by atoms with Crippen molar-refractivity contribution in [1.29, 1.82) is 0 Å². The summed E-state index contributed by atoms with van der Waals surface area (Å²) in [5.74, 6) is -1.63. The molecule has 16 nitrogen and oxygen atoms in total. The van der Waals surface area contributed by atoms with Crippen LogP contribution in [0.3, 0.4) is 0 Å². The van der Waals surface area contributed by atoms with Crippen LogP contribution in [0.1, 0.15) is 278 Å². The fraction of sp³-hybridized carbons (Fsp3) is 0.612. The second-order valence-corrected chi connectivity index (χ2v) is 28.3. The zero-order valence-corrected chi connectivity index (χ0v) is 65.5. The molecule has 0 aliphatic heterocycles. The summed E-state index contributed by atoms with van der Waals surface area (Å²) in [6.07, 6.45) is 97.7. The number of rotatable bonds is 72. The number of unbranched alkanes of at least 4 members (excludes halogenated alkanes) is 19. The first kappa shape index (κ1) is 97.7. The summed E-state index contributed by atoms with van der Waals surface area (Å²) >= 11 is 0. The van der Waals surface area contributed by atoms with Crippen molar-refractivity contribution in [2.75, 3.05) is 39.6 Å². The van der Waals surface area contributed by atoms with Gasteiger partial charge in [-0.25, -0.2) is 9.13 Å². The Kier molecular flexibility index (Phi) is 72.3. The van der Waals surface area contributed by atoms with Gasteiger partial charge in [0.15, 0.2) is 6.10 Å². The molecule has 5 atom stereocenters. The Hall–Kier alpha value is -5.35. The van der Waals surface area contributed by atoms with Crippen LogP contribution in [0.4, 0.5) is 0 Å². The predicted octanol–water partition coefficient (Wildman–Crippen LogP) is 23.0. The number of esters is 3. The van der Waals surface area contributed by atoms with E-state index in [9.17, 15) is 43.5 Å². The third-order valence-corrected chi connectivity index (χ3v) is 17.5. The average Bonchev–Trinajstić information content (AvgIpc) is 0.922. The third-order valence-electron chi connectivity index (χ3n) is 15.6. The van der Waals surface area contributed by atoms with Crippen molar-refractivity contribution < 1.29 is 75.8 Å². The van der Waals surface area contributed by atoms with Gasteiger partial charge in [-0.05, 0) is 154 Å². The van der Waals surface area contributed by atoms with Gasteiger partial charge in [0.2, 0.25) is 0 Å². The Morgan fingerprint density at radius 3 is 0.767 bits per heavy atom. The predicted molar refractivity (Wildman–Crippen MR) is 426 cm³/mol. The van der Waals surface area contributed by atoms with Crippen molar-refractivity contribution >= 4 is 33.6 Å². The summed E-state index contributed by atoms with van der Waals surface area (Å²) in [5, 5.41) is 20.6. The maximum Gasteiger partial charge on any atom is 0.472 e. The maximum atomic E-state index is 13.0. The van der Waals surface area contributed by atoms with Crippen LogP contribution in [0.2, 0.25) is 0 Å². The highest BCUT2D eigenvalue weighted by Gasteiger charge is 2.29. The summed E-state index contributed by atoms with van der Waals surface area (Å²) in [6.45, 7) is 2.27. The van der Waals surface area contributed by atoms with Crippen molar-refractivity contribution in [3.05, 3.63) is 182 Å². The van der Waals surface area contributed by atoms with Crippen LogP contribution < -0.4 is 0 Å². The molecule has 0 rings (SSSR count). The van der Waals surface area contributed by atoms with Gasteiger partial charge in [0, 0.05) is 19.3 Å². The smallest absolute Gasteiger partial charge is 0.463 e. The molecule has 5 unspecified atom stereocenters. The van der Waals surface area contributed by atoms with Crippen LogP contribution in [0.5, 0.6) is 0 Å². The van der Waals surface area contributed by atoms with E-state index in [0.29, 0.717) is 19.3 Å². The van der Waals surface area contributed by atoms with E-state index in [4.69, 9.17) is 32.3 Å². The molecule has 4 N–H and O–H groups in total. The van der Waals surface area contributed by atoms with Crippen molar-refractivity contribution in [2.24, 2.45) is 0 Å². The van der Waals surface area contributed by atoms with E-state index in [2.05, 4.69) is 203 Å². The minimum absolute atomic E-state index is 0.0719. The number of phosphoric acid groups is 2. The minimum Gasteiger partial charge on any atom is -0.463 e. The summed E-state index contributed by atoms with van der Waals surface area (Å²) in [6, 6.07) is 0. The lowest BCUT2D eigenvalue weighted by Crippen LogP contribution is -2.30. The molecule has 18 heteroatoms. The van der Waals surface area contributed by atoms with Gasteiger partial charge in [-0.3, -0.25) is 32.5 Å². The normalized spacial score (nSPS) is 15.0. The third kappa shape index (κ3) is 77.6. The van der Waals surface area contributed by atoms with E-state index in [1.54, 1.807) is 0 Å². The average molecular weight is 1480 g/mol. The first-order valence-corrected chi connectivity index (χ1v) is 42.1. The largest absolute Gasteiger partial charge is 0.472 e. The molecule has 0 aromatic carbocycles. The standard InChI is InChI=1S/C85H138O16P2/c1-4-7-10-13-16-19-22-25-28-31-34-37-39-42-44-47-50-53-56-59-62-65-68-71-83(88)95-74-80(86)75-97-102(91,92)98-76-81(87)77-99-103(93,94)100-79-82(101-85(90)73-70-67-64-61-58-55-52-49-46-41-36-33-30-27-24-21-18-15-12-9-6-3)78-96-84(89)72-69-66-63-60-57-54-51-48-45-43-40-38-35-32-29-26-23-20-17-14-11-8-5-2/h7-12,16-21,25-30,34-38,41-45,49,52,80-82,86-87H,4-6,13-15,22-24,31-33,39-40,46-48,50-51,53-79H2,1-3H3,(H,91,92)(H,93,94)/b10-7-,11-8-,12-9-,19-16-,20-17-,21-18-,28-25-,29-26-,30-27-,37-34-,38-35-,41-36-,44-42-,45-43-,52-49-. The number of aliphatic hydroxyl groups excluding tert-OH is 2. The van der Waals surface area contributed by atoms with E-state index in [1.807, 2.05) is 0 Å². The number of hydrogen-bond acceptors (Lipinski definition) is 14. The Morgan fingerprint density at radius 2 is 0.485 bits per heavy atom. The fourth-order valence-corrected chi connectivity index (χ4v) is 11.4. The molecule has 0 amide bonds. The molecule has 0 aromatic rings. The summed E-state index contributed by atoms with van der Waals surface area (Å²) in [7, 11) is -9.82. The fourth-order valence-electron chi connectivity index (χ4n) is 9.77. The number of allylic oxidation sites excluding steroid dienone is 30. The molecule has 0 aliphatic rings. The molecule has 103 heavy (non-hydrogen) atoms. The molecule has 0 heterocycles. The molecular weight excluding hydrogens is 1340 g/mol. The first-order valence-electron chi connectivity index (χ1n) is 39.1. The molecular formula is C85H138O16P2. The Morgan fingerprint density at radius 1 is 0.272 bits per heavy atom. The van der Waals surface area contributed by atoms with Gasteiger partial charge in [0.1, 0.15) is 25.4 Å². The van der Waals surface area contributed by atoms with E-state index >= 15 is 0 Å². The lowest BCUT2D eigenvalue weighted by atomic mass is 10.1. The molecule has 584 valence electrons. The van der Waals surface area contributed by atoms with Crippen molar-refractivity contribution in [3.63, 3.8) is 0 Å². The van der Waals surface area contributed by atoms with Crippen molar-refractivity contribution in [1.82, 2.24) is 0 Å². The van der Waals surface area contributed by atoms with Crippen molar-refractivity contribution in [3.8, 4) is 0 Å². The second kappa shape index (κ2) is 76.3. The topological polar surface area (TPSA) is 231 Å². The van der Waals surface area contributed by atoms with Gasteiger partial charge in [-0.1, -0.05) is 287 Å². The Balaban J connectivity index is 4.76. The first-order chi connectivity index (χ1) is 50.2. The van der Waals surface area contributed by atoms with E-state index in [1.165, 1.54) is 0 Å².